The molecule has 0 spiro atoms. The predicted octanol–water partition coefficient (Wildman–Crippen LogP) is 1.74. The average Bonchev–Trinajstić information content (AvgIpc) is 2.83. The van der Waals surface area contributed by atoms with E-state index in [-0.39, 0.29) is 12.1 Å². The lowest BCUT2D eigenvalue weighted by Gasteiger charge is -2.21. The molecule has 0 aliphatic heterocycles. The summed E-state index contributed by atoms with van der Waals surface area (Å²) >= 11 is 0. The number of carbonyl (C=O) groups is 1. The van der Waals surface area contributed by atoms with Crippen LogP contribution in [0, 0.1) is 0 Å². The number of methoxy groups -OCH3 is 2. The number of benzene rings is 1. The lowest BCUT2D eigenvalue weighted by Crippen LogP contribution is -2.34. The van der Waals surface area contributed by atoms with Gasteiger partial charge in [-0.05, 0) is 31.4 Å². The number of rotatable bonds is 4. The average molecular weight is 265 g/mol. The van der Waals surface area contributed by atoms with Gasteiger partial charge >= 0.3 is 5.97 Å². The first-order valence-electron chi connectivity index (χ1n) is 6.35. The van der Waals surface area contributed by atoms with Gasteiger partial charge in [0.15, 0.2) is 11.5 Å². The fourth-order valence-electron chi connectivity index (χ4n) is 2.32. The van der Waals surface area contributed by atoms with Gasteiger partial charge in [0.05, 0.1) is 14.2 Å². The van der Waals surface area contributed by atoms with Crippen molar-refractivity contribution >= 4 is 5.97 Å². The summed E-state index contributed by atoms with van der Waals surface area (Å²) in [6, 6.07) is 5.13. The van der Waals surface area contributed by atoms with Crippen LogP contribution < -0.4 is 15.2 Å². The van der Waals surface area contributed by atoms with E-state index in [9.17, 15) is 4.79 Å². The number of esters is 1. The van der Waals surface area contributed by atoms with Crippen molar-refractivity contribution in [2.75, 3.05) is 14.2 Å². The van der Waals surface area contributed by atoms with Crippen LogP contribution in [0.15, 0.2) is 18.2 Å². The van der Waals surface area contributed by atoms with E-state index < -0.39 is 5.97 Å². The first kappa shape index (κ1) is 13.7. The highest BCUT2D eigenvalue weighted by Crippen LogP contribution is 2.34. The molecule has 19 heavy (non-hydrogen) atoms. The summed E-state index contributed by atoms with van der Waals surface area (Å²) in [4.78, 5) is 11.8. The summed E-state index contributed by atoms with van der Waals surface area (Å²) in [6.07, 6.45) is 2.78. The van der Waals surface area contributed by atoms with Crippen molar-refractivity contribution in [2.24, 2.45) is 5.73 Å². The van der Waals surface area contributed by atoms with Crippen molar-refractivity contribution in [3.05, 3.63) is 23.8 Å². The molecule has 2 rings (SSSR count). The zero-order valence-corrected chi connectivity index (χ0v) is 11.2. The predicted molar refractivity (Wildman–Crippen MR) is 70.6 cm³/mol. The standard InChI is InChI=1S/C14H19NO4/c1-17-12-8-3-5-9(14(16)18-2)13(12)19-11-7-4-6-10(11)15/h3,5,8,10-11H,4,6-7,15H2,1-2H3. The van der Waals surface area contributed by atoms with Gasteiger partial charge in [0.2, 0.25) is 0 Å². The molecule has 1 aliphatic rings. The minimum absolute atomic E-state index is 0.00425. The zero-order chi connectivity index (χ0) is 13.8. The van der Waals surface area contributed by atoms with E-state index >= 15 is 0 Å². The van der Waals surface area contributed by atoms with Gasteiger partial charge in [-0.25, -0.2) is 4.79 Å². The number of hydrogen-bond acceptors (Lipinski definition) is 5. The highest BCUT2D eigenvalue weighted by Gasteiger charge is 2.28. The van der Waals surface area contributed by atoms with Crippen LogP contribution in [0.2, 0.25) is 0 Å². The van der Waals surface area contributed by atoms with E-state index in [1.807, 2.05) is 0 Å². The van der Waals surface area contributed by atoms with Crippen LogP contribution in [-0.4, -0.2) is 32.3 Å². The number of nitrogens with two attached hydrogens (primary N) is 1. The SMILES string of the molecule is COC(=O)c1cccc(OC)c1OC1CCCC1N. The van der Waals surface area contributed by atoms with Crippen LogP contribution in [0.5, 0.6) is 11.5 Å². The topological polar surface area (TPSA) is 70.8 Å². The van der Waals surface area contributed by atoms with Gasteiger partial charge in [-0.2, -0.15) is 0 Å². The van der Waals surface area contributed by atoms with Crippen LogP contribution in [0.25, 0.3) is 0 Å². The normalized spacial score (nSPS) is 22.1. The monoisotopic (exact) mass is 265 g/mol. The molecular weight excluding hydrogens is 246 g/mol. The molecular formula is C14H19NO4. The first-order chi connectivity index (χ1) is 9.17. The summed E-state index contributed by atoms with van der Waals surface area (Å²) in [6.45, 7) is 0. The maximum absolute atomic E-state index is 11.8. The summed E-state index contributed by atoms with van der Waals surface area (Å²) < 4.78 is 15.9. The van der Waals surface area contributed by atoms with E-state index in [0.717, 1.165) is 19.3 Å². The van der Waals surface area contributed by atoms with Gasteiger partial charge in [-0.3, -0.25) is 0 Å². The molecule has 2 N–H and O–H groups in total. The molecule has 2 unspecified atom stereocenters. The number of para-hydroxylation sites is 1. The Morgan fingerprint density at radius 3 is 2.68 bits per heavy atom. The maximum Gasteiger partial charge on any atom is 0.341 e. The molecule has 2 atom stereocenters. The Morgan fingerprint density at radius 2 is 2.11 bits per heavy atom. The molecule has 0 saturated heterocycles. The molecule has 1 saturated carbocycles. The number of ether oxygens (including phenoxy) is 3. The van der Waals surface area contributed by atoms with Gasteiger partial charge < -0.3 is 19.9 Å². The largest absolute Gasteiger partial charge is 0.493 e. The Bertz CT molecular complexity index is 461. The second-order valence-corrected chi connectivity index (χ2v) is 4.58. The highest BCUT2D eigenvalue weighted by atomic mass is 16.5. The second kappa shape index (κ2) is 5.93. The Hall–Kier alpha value is -1.75. The Labute approximate surface area is 112 Å². The molecule has 0 bridgehead atoms. The molecule has 0 amide bonds. The maximum atomic E-state index is 11.8. The highest BCUT2D eigenvalue weighted by molar-refractivity contribution is 5.93. The molecule has 104 valence electrons. The van der Waals surface area contributed by atoms with E-state index in [0.29, 0.717) is 17.1 Å². The second-order valence-electron chi connectivity index (χ2n) is 4.58. The third kappa shape index (κ3) is 2.81. The molecule has 1 aromatic rings. The minimum Gasteiger partial charge on any atom is -0.493 e. The third-order valence-corrected chi connectivity index (χ3v) is 3.38. The molecule has 0 radical (unpaired) electrons. The van der Waals surface area contributed by atoms with Crippen molar-refractivity contribution in [1.29, 1.82) is 0 Å². The van der Waals surface area contributed by atoms with Crippen LogP contribution in [-0.2, 0) is 4.74 Å². The van der Waals surface area contributed by atoms with Crippen LogP contribution >= 0.6 is 0 Å². The number of hydrogen-bond donors (Lipinski definition) is 1. The van der Waals surface area contributed by atoms with Crippen LogP contribution in [0.3, 0.4) is 0 Å². The van der Waals surface area contributed by atoms with Gasteiger partial charge in [-0.1, -0.05) is 6.07 Å². The molecule has 1 aliphatic carbocycles. The Balaban J connectivity index is 2.32. The Kier molecular flexibility index (Phi) is 4.27. The van der Waals surface area contributed by atoms with Gasteiger partial charge in [0.1, 0.15) is 11.7 Å². The fraction of sp³-hybridized carbons (Fsp3) is 0.500. The molecule has 0 heterocycles. The van der Waals surface area contributed by atoms with Gasteiger partial charge in [-0.15, -0.1) is 0 Å². The van der Waals surface area contributed by atoms with Crippen molar-refractivity contribution in [2.45, 2.75) is 31.4 Å². The van der Waals surface area contributed by atoms with E-state index in [1.54, 1.807) is 18.2 Å². The van der Waals surface area contributed by atoms with Crippen LogP contribution in [0.1, 0.15) is 29.6 Å². The smallest absolute Gasteiger partial charge is 0.341 e. The van der Waals surface area contributed by atoms with E-state index in [1.165, 1.54) is 14.2 Å². The lowest BCUT2D eigenvalue weighted by molar-refractivity contribution is 0.0591. The van der Waals surface area contributed by atoms with Crippen molar-refractivity contribution < 1.29 is 19.0 Å². The summed E-state index contributed by atoms with van der Waals surface area (Å²) in [5.74, 6) is 0.488. The quantitative estimate of drug-likeness (QED) is 0.840. The van der Waals surface area contributed by atoms with Crippen LogP contribution in [0.4, 0.5) is 0 Å². The van der Waals surface area contributed by atoms with Crippen molar-refractivity contribution in [3.63, 3.8) is 0 Å². The van der Waals surface area contributed by atoms with Gasteiger partial charge in [0, 0.05) is 6.04 Å². The van der Waals surface area contributed by atoms with Crippen molar-refractivity contribution in [1.82, 2.24) is 0 Å². The zero-order valence-electron chi connectivity index (χ0n) is 11.2. The molecule has 5 nitrogen and oxygen atoms in total. The lowest BCUT2D eigenvalue weighted by atomic mass is 10.1. The summed E-state index contributed by atoms with van der Waals surface area (Å²) in [5.41, 5.74) is 6.36. The summed E-state index contributed by atoms with van der Waals surface area (Å²) in [5, 5.41) is 0. The van der Waals surface area contributed by atoms with Crippen molar-refractivity contribution in [3.8, 4) is 11.5 Å². The third-order valence-electron chi connectivity index (χ3n) is 3.38. The molecule has 5 heteroatoms. The molecule has 1 aromatic carbocycles. The number of carbonyl (C=O) groups excluding carboxylic acids is 1. The molecule has 1 fully saturated rings. The van der Waals surface area contributed by atoms with E-state index in [2.05, 4.69) is 0 Å². The minimum atomic E-state index is -0.444. The van der Waals surface area contributed by atoms with E-state index in [4.69, 9.17) is 19.9 Å². The summed E-state index contributed by atoms with van der Waals surface area (Å²) in [7, 11) is 2.88. The molecule has 0 aromatic heterocycles. The Morgan fingerprint density at radius 1 is 1.32 bits per heavy atom. The fourth-order valence-corrected chi connectivity index (χ4v) is 2.32. The first-order valence-corrected chi connectivity index (χ1v) is 6.35. The van der Waals surface area contributed by atoms with Gasteiger partial charge in [0.25, 0.3) is 0 Å².